The molecule has 3 amide bonds. The predicted molar refractivity (Wildman–Crippen MR) is 162 cm³/mol. The predicted octanol–water partition coefficient (Wildman–Crippen LogP) is 5.06. The van der Waals surface area contributed by atoms with Gasteiger partial charge in [0.15, 0.2) is 0 Å². The molecule has 40 heavy (non-hydrogen) atoms. The highest BCUT2D eigenvalue weighted by Gasteiger charge is 2.47. The van der Waals surface area contributed by atoms with Crippen molar-refractivity contribution in [2.24, 2.45) is 11.1 Å². The molecule has 2 atom stereocenters. The second-order valence-corrected chi connectivity index (χ2v) is 12.8. The molecule has 2 aliphatic heterocycles. The number of nitrogens with two attached hydrogens (primary N) is 1. The summed E-state index contributed by atoms with van der Waals surface area (Å²) in [7, 11) is 0. The summed E-state index contributed by atoms with van der Waals surface area (Å²) in [6.45, 7) is 13.2. The molecule has 214 valence electrons. The maximum absolute atomic E-state index is 14.1. The fraction of sp³-hybridized carbons (Fsp3) is 0.469. The molecule has 2 aromatic carbocycles. The van der Waals surface area contributed by atoms with Gasteiger partial charge in [-0.3, -0.25) is 14.4 Å². The number of benzene rings is 2. The van der Waals surface area contributed by atoms with Crippen molar-refractivity contribution in [1.29, 1.82) is 0 Å². The Morgan fingerprint density at radius 3 is 2.48 bits per heavy atom. The van der Waals surface area contributed by atoms with Crippen LogP contribution in [0.15, 0.2) is 48.2 Å². The molecule has 0 radical (unpaired) electrons. The van der Waals surface area contributed by atoms with Crippen molar-refractivity contribution >= 4 is 35.3 Å². The van der Waals surface area contributed by atoms with Gasteiger partial charge in [-0.25, -0.2) is 0 Å². The van der Waals surface area contributed by atoms with Gasteiger partial charge in [-0.15, -0.1) is 12.6 Å². The topological polar surface area (TPSA) is 95.7 Å². The van der Waals surface area contributed by atoms with Gasteiger partial charge in [0.25, 0.3) is 5.91 Å². The number of carbonyl (C=O) groups excluding carboxylic acids is 3. The highest BCUT2D eigenvalue weighted by Crippen LogP contribution is 2.35. The number of nitrogens with one attached hydrogen (secondary N) is 1. The van der Waals surface area contributed by atoms with E-state index < -0.39 is 17.5 Å². The molecule has 2 heterocycles. The number of rotatable bonds is 7. The van der Waals surface area contributed by atoms with E-state index in [1.807, 2.05) is 64.1 Å². The number of fused-ring (bicyclic) bond motifs is 1. The first-order valence-corrected chi connectivity index (χ1v) is 14.5. The van der Waals surface area contributed by atoms with Crippen LogP contribution in [-0.4, -0.2) is 46.1 Å². The van der Waals surface area contributed by atoms with Crippen LogP contribution in [0.1, 0.15) is 92.9 Å². The Morgan fingerprint density at radius 2 is 1.85 bits per heavy atom. The summed E-state index contributed by atoms with van der Waals surface area (Å²) < 4.78 is 0. The third-order valence-corrected chi connectivity index (χ3v) is 8.53. The lowest BCUT2D eigenvalue weighted by atomic mass is 9.84. The molecular weight excluding hydrogens is 520 g/mol. The molecular formula is C32H42N4O3S. The molecule has 1 fully saturated rings. The fourth-order valence-corrected chi connectivity index (χ4v) is 6.02. The molecule has 0 aliphatic carbocycles. The van der Waals surface area contributed by atoms with E-state index in [0.29, 0.717) is 37.3 Å². The van der Waals surface area contributed by atoms with Crippen molar-refractivity contribution in [2.75, 3.05) is 6.54 Å². The zero-order chi connectivity index (χ0) is 29.4. The number of amides is 3. The van der Waals surface area contributed by atoms with Crippen molar-refractivity contribution in [3.8, 4) is 0 Å². The lowest BCUT2D eigenvalue weighted by molar-refractivity contribution is -0.145. The van der Waals surface area contributed by atoms with Crippen molar-refractivity contribution < 1.29 is 14.4 Å². The Kier molecular flexibility index (Phi) is 8.69. The van der Waals surface area contributed by atoms with E-state index in [2.05, 4.69) is 37.9 Å². The Hall–Kier alpha value is -3.26. The van der Waals surface area contributed by atoms with Gasteiger partial charge >= 0.3 is 0 Å². The zero-order valence-electron chi connectivity index (χ0n) is 24.5. The van der Waals surface area contributed by atoms with Crippen LogP contribution in [-0.2, 0) is 22.7 Å². The van der Waals surface area contributed by atoms with Crippen molar-refractivity contribution in [3.05, 3.63) is 76.0 Å². The first-order valence-electron chi connectivity index (χ1n) is 14.1. The average molecular weight is 563 g/mol. The third-order valence-electron chi connectivity index (χ3n) is 7.92. The van der Waals surface area contributed by atoms with Gasteiger partial charge in [0, 0.05) is 35.8 Å². The Labute approximate surface area is 243 Å². The van der Waals surface area contributed by atoms with E-state index in [1.165, 1.54) is 0 Å². The SMILES string of the molecule is C/C(N)=C(/S)c1ccc(CNC(=O)C2CCCN2C(=O)C(N2Cc3ccccc3C2=O)C(C)(C)C)c(C(C)C)c1. The van der Waals surface area contributed by atoms with Crippen LogP contribution in [0.2, 0.25) is 0 Å². The van der Waals surface area contributed by atoms with Crippen LogP contribution in [0, 0.1) is 5.41 Å². The number of thiol groups is 1. The van der Waals surface area contributed by atoms with Gasteiger partial charge in [-0.1, -0.05) is 65.0 Å². The molecule has 2 aromatic rings. The first kappa shape index (κ1) is 29.7. The standard InChI is InChI=1S/C32H42N4O3S/c1-19(2)25-16-21(27(40)20(3)33)13-14-22(25)17-34-29(37)26-12-9-15-35(26)31(39)28(32(4,5)6)36-18-23-10-7-8-11-24(23)30(36)38/h7-8,10-11,13-14,16,19,26,28,40H,9,12,15,17-18,33H2,1-6H3,(H,34,37)/b27-20-. The molecule has 8 heteroatoms. The van der Waals surface area contributed by atoms with Gasteiger partial charge in [-0.2, -0.15) is 0 Å². The van der Waals surface area contributed by atoms with Crippen molar-refractivity contribution in [1.82, 2.24) is 15.1 Å². The van der Waals surface area contributed by atoms with Crippen molar-refractivity contribution in [2.45, 2.75) is 85.5 Å². The first-order chi connectivity index (χ1) is 18.8. The Balaban J connectivity index is 1.51. The highest BCUT2D eigenvalue weighted by molar-refractivity contribution is 7.90. The zero-order valence-corrected chi connectivity index (χ0v) is 25.3. The van der Waals surface area contributed by atoms with Gasteiger partial charge in [0.05, 0.1) is 0 Å². The lowest BCUT2D eigenvalue weighted by Crippen LogP contribution is -2.57. The molecule has 4 rings (SSSR count). The van der Waals surface area contributed by atoms with Crippen LogP contribution in [0.25, 0.3) is 4.91 Å². The molecule has 2 unspecified atom stereocenters. The number of nitrogens with zero attached hydrogens (tertiary/aromatic N) is 2. The van der Waals surface area contributed by atoms with E-state index in [9.17, 15) is 14.4 Å². The molecule has 3 N–H and O–H groups in total. The molecule has 0 saturated carbocycles. The minimum Gasteiger partial charge on any atom is -0.401 e. The lowest BCUT2D eigenvalue weighted by Gasteiger charge is -2.40. The van der Waals surface area contributed by atoms with Crippen LogP contribution in [0.4, 0.5) is 0 Å². The van der Waals surface area contributed by atoms with Crippen molar-refractivity contribution in [3.63, 3.8) is 0 Å². The Morgan fingerprint density at radius 1 is 1.15 bits per heavy atom. The minimum absolute atomic E-state index is 0.127. The maximum Gasteiger partial charge on any atom is 0.255 e. The summed E-state index contributed by atoms with van der Waals surface area (Å²) in [4.78, 5) is 45.0. The van der Waals surface area contributed by atoms with Gasteiger partial charge in [-0.05, 0) is 65.5 Å². The summed E-state index contributed by atoms with van der Waals surface area (Å²) in [5, 5.41) is 3.09. The molecule has 0 aromatic heterocycles. The van der Waals surface area contributed by atoms with Crippen LogP contribution in [0.5, 0.6) is 0 Å². The molecule has 2 aliphatic rings. The highest BCUT2D eigenvalue weighted by atomic mass is 32.1. The van der Waals surface area contributed by atoms with Crippen LogP contribution >= 0.6 is 12.6 Å². The number of hydrogen-bond donors (Lipinski definition) is 3. The number of carbonyl (C=O) groups is 3. The number of likely N-dealkylation sites (tertiary alicyclic amines) is 1. The minimum atomic E-state index is -0.671. The van der Waals surface area contributed by atoms with E-state index in [1.54, 1.807) is 9.80 Å². The van der Waals surface area contributed by atoms with E-state index in [0.717, 1.165) is 33.6 Å². The summed E-state index contributed by atoms with van der Waals surface area (Å²) >= 11 is 4.55. The summed E-state index contributed by atoms with van der Waals surface area (Å²) in [6, 6.07) is 12.3. The van der Waals surface area contributed by atoms with Gasteiger partial charge in [0.2, 0.25) is 11.8 Å². The fourth-order valence-electron chi connectivity index (χ4n) is 5.89. The number of hydrogen-bond acceptors (Lipinski definition) is 5. The van der Waals surface area contributed by atoms with Crippen LogP contribution in [0.3, 0.4) is 0 Å². The molecule has 0 bridgehead atoms. The summed E-state index contributed by atoms with van der Waals surface area (Å²) in [5.41, 5.74) is 10.8. The second kappa shape index (κ2) is 11.7. The molecule has 0 spiro atoms. The normalized spacial score (nSPS) is 18.6. The number of allylic oxidation sites excluding steroid dienone is 1. The maximum atomic E-state index is 14.1. The second-order valence-electron chi connectivity index (χ2n) is 12.4. The molecule has 7 nitrogen and oxygen atoms in total. The van der Waals surface area contributed by atoms with E-state index in [-0.39, 0.29) is 23.6 Å². The quantitative estimate of drug-likeness (QED) is 0.411. The largest absolute Gasteiger partial charge is 0.401 e. The summed E-state index contributed by atoms with van der Waals surface area (Å²) in [5.74, 6) is -0.215. The van der Waals surface area contributed by atoms with Gasteiger partial charge in [0.1, 0.15) is 12.1 Å². The monoisotopic (exact) mass is 562 g/mol. The van der Waals surface area contributed by atoms with Crippen LogP contribution < -0.4 is 11.1 Å². The van der Waals surface area contributed by atoms with Gasteiger partial charge < -0.3 is 20.9 Å². The van der Waals surface area contributed by atoms with E-state index >= 15 is 0 Å². The molecule has 1 saturated heterocycles. The Bertz CT molecular complexity index is 1340. The smallest absolute Gasteiger partial charge is 0.255 e. The van der Waals surface area contributed by atoms with E-state index in [4.69, 9.17) is 5.73 Å². The third kappa shape index (κ3) is 5.92. The summed E-state index contributed by atoms with van der Waals surface area (Å²) in [6.07, 6.45) is 1.35. The average Bonchev–Trinajstić information content (AvgIpc) is 3.51.